The van der Waals surface area contributed by atoms with Gasteiger partial charge in [0.25, 0.3) is 0 Å². The fraction of sp³-hybridized carbons (Fsp3) is 0.564. The number of halogens is 1. The molecular formula is C39H53ClN2O. The smallest absolute Gasteiger partial charge is 0.145 e. The minimum Gasteiger partial charge on any atom is -0.377 e. The second kappa shape index (κ2) is 13.6. The van der Waals surface area contributed by atoms with Crippen LogP contribution in [0.5, 0.6) is 0 Å². The molecule has 5 rings (SSSR count). The first-order valence-electron chi connectivity index (χ1n) is 16.9. The standard InChI is InChI=1S/C39H53ClN2O/c1-7-12-31-23-35(40)19-21-37(31)32-15-14-30-16-18-34-24-38(30)42(25-32)26-33-17-20-36(33)29(8-2)13-10-9-11-22-41(6)27(3)39(34,5)28(4)43/h10,13,16,18-19,21,23-24,29,32-33,36H,3,7-9,11-12,14-15,17,20,22,25-26H2,1-2,4-6H3/b13-10+. The molecule has 1 saturated carbocycles. The lowest BCUT2D eigenvalue weighted by Crippen LogP contribution is -2.43. The Kier molecular flexibility index (Phi) is 10.1. The maximum absolute atomic E-state index is 13.5. The molecule has 4 heteroatoms. The summed E-state index contributed by atoms with van der Waals surface area (Å²) < 4.78 is 0. The van der Waals surface area contributed by atoms with Gasteiger partial charge >= 0.3 is 0 Å². The molecule has 5 atom stereocenters. The summed E-state index contributed by atoms with van der Waals surface area (Å²) in [7, 11) is 2.10. The second-order valence-electron chi connectivity index (χ2n) is 13.8. The SMILES string of the molecule is C=C1N(C)CCC/C=C/C(CC)C2CCC2CN2CC(c3ccc(Cl)cc3CCC)CCc3ccc(cc32)C1(C)C(C)=O. The highest BCUT2D eigenvalue weighted by atomic mass is 35.5. The van der Waals surface area contributed by atoms with Crippen LogP contribution in [-0.4, -0.2) is 37.4 Å². The van der Waals surface area contributed by atoms with Crippen LogP contribution >= 0.6 is 11.6 Å². The summed E-state index contributed by atoms with van der Waals surface area (Å²) in [6.07, 6.45) is 15.3. The zero-order chi connectivity index (χ0) is 30.7. The van der Waals surface area contributed by atoms with E-state index >= 15 is 0 Å². The van der Waals surface area contributed by atoms with Crippen molar-refractivity contribution >= 4 is 23.1 Å². The molecule has 0 aromatic heterocycles. The number of rotatable bonds is 5. The number of fused-ring (bicyclic) bond motifs is 2. The lowest BCUT2D eigenvalue weighted by molar-refractivity contribution is -0.121. The Bertz CT molecular complexity index is 1350. The highest BCUT2D eigenvalue weighted by Gasteiger charge is 2.40. The van der Waals surface area contributed by atoms with Crippen molar-refractivity contribution in [2.24, 2.45) is 17.8 Å². The van der Waals surface area contributed by atoms with Gasteiger partial charge in [0.15, 0.2) is 0 Å². The van der Waals surface area contributed by atoms with Crippen LogP contribution in [0.4, 0.5) is 5.69 Å². The zero-order valence-corrected chi connectivity index (χ0v) is 28.1. The number of allylic oxidation sites excluding steroid dienone is 3. The van der Waals surface area contributed by atoms with Crippen LogP contribution in [0.25, 0.3) is 0 Å². The fourth-order valence-corrected chi connectivity index (χ4v) is 8.30. The molecule has 2 aromatic carbocycles. The number of nitrogens with zero attached hydrogens (tertiary/aromatic N) is 2. The number of hydrogen-bond donors (Lipinski definition) is 0. The number of likely N-dealkylation sites (N-methyl/N-ethyl adjacent to an activating group) is 1. The van der Waals surface area contributed by atoms with Crippen molar-refractivity contribution < 1.29 is 4.79 Å². The van der Waals surface area contributed by atoms with Crippen molar-refractivity contribution in [2.45, 2.75) is 96.8 Å². The van der Waals surface area contributed by atoms with Gasteiger partial charge in [-0.05, 0) is 123 Å². The van der Waals surface area contributed by atoms with Gasteiger partial charge in [-0.1, -0.05) is 68.8 Å². The number of aryl methyl sites for hydroxylation is 2. The lowest BCUT2D eigenvalue weighted by atomic mass is 9.66. The van der Waals surface area contributed by atoms with Crippen LogP contribution in [0, 0.1) is 17.8 Å². The van der Waals surface area contributed by atoms with Crippen molar-refractivity contribution in [3.05, 3.63) is 88.1 Å². The van der Waals surface area contributed by atoms with E-state index in [2.05, 4.69) is 92.7 Å². The fourth-order valence-electron chi connectivity index (χ4n) is 8.11. The third kappa shape index (κ3) is 6.48. The van der Waals surface area contributed by atoms with Crippen LogP contribution in [0.15, 0.2) is 60.8 Å². The molecule has 5 unspecified atom stereocenters. The summed E-state index contributed by atoms with van der Waals surface area (Å²) in [6.45, 7) is 15.9. The van der Waals surface area contributed by atoms with Crippen LogP contribution in [0.3, 0.4) is 0 Å². The lowest BCUT2D eigenvalue weighted by Gasteiger charge is -2.45. The summed E-state index contributed by atoms with van der Waals surface area (Å²) in [5, 5.41) is 0.837. The van der Waals surface area contributed by atoms with Gasteiger partial charge in [-0.3, -0.25) is 4.79 Å². The number of benzene rings is 2. The van der Waals surface area contributed by atoms with Crippen LogP contribution < -0.4 is 4.90 Å². The number of carbonyl (C=O) groups excluding carboxylic acids is 1. The maximum Gasteiger partial charge on any atom is 0.145 e. The molecule has 2 heterocycles. The van der Waals surface area contributed by atoms with E-state index in [1.807, 2.05) is 0 Å². The first kappa shape index (κ1) is 31.9. The van der Waals surface area contributed by atoms with E-state index in [4.69, 9.17) is 11.6 Å². The molecule has 0 saturated heterocycles. The van der Waals surface area contributed by atoms with E-state index in [1.54, 1.807) is 6.92 Å². The van der Waals surface area contributed by atoms with Crippen molar-refractivity contribution in [3.63, 3.8) is 0 Å². The monoisotopic (exact) mass is 600 g/mol. The third-order valence-electron chi connectivity index (χ3n) is 11.2. The number of carbonyl (C=O) groups is 1. The molecule has 0 spiro atoms. The van der Waals surface area contributed by atoms with E-state index in [0.29, 0.717) is 17.8 Å². The van der Waals surface area contributed by atoms with Gasteiger partial charge in [0.1, 0.15) is 5.78 Å². The van der Waals surface area contributed by atoms with Crippen molar-refractivity contribution in [3.8, 4) is 0 Å². The maximum atomic E-state index is 13.5. The molecule has 0 N–H and O–H groups in total. The molecule has 1 fully saturated rings. The molecule has 43 heavy (non-hydrogen) atoms. The van der Waals surface area contributed by atoms with E-state index in [9.17, 15) is 4.79 Å². The Labute approximate surface area is 266 Å². The average Bonchev–Trinajstić information content (AvgIpc) is 3.16. The molecule has 0 amide bonds. The van der Waals surface area contributed by atoms with Gasteiger partial charge in [0.05, 0.1) is 5.41 Å². The Balaban J connectivity index is 1.60. The average molecular weight is 601 g/mol. The van der Waals surface area contributed by atoms with E-state index in [-0.39, 0.29) is 5.78 Å². The molecule has 1 aliphatic carbocycles. The summed E-state index contributed by atoms with van der Waals surface area (Å²) in [5.74, 6) is 2.69. The summed E-state index contributed by atoms with van der Waals surface area (Å²) >= 11 is 6.50. The van der Waals surface area contributed by atoms with Crippen LogP contribution in [-0.2, 0) is 23.1 Å². The predicted octanol–water partition coefficient (Wildman–Crippen LogP) is 9.52. The van der Waals surface area contributed by atoms with Gasteiger partial charge in [0.2, 0.25) is 0 Å². The Morgan fingerprint density at radius 2 is 1.91 bits per heavy atom. The summed E-state index contributed by atoms with van der Waals surface area (Å²) in [4.78, 5) is 18.4. The van der Waals surface area contributed by atoms with E-state index in [0.717, 1.165) is 80.4 Å². The second-order valence-corrected chi connectivity index (χ2v) is 14.2. The molecule has 2 bridgehead atoms. The van der Waals surface area contributed by atoms with Gasteiger partial charge in [-0.25, -0.2) is 0 Å². The number of Topliss-reactive ketones (excluding diaryl/α,β-unsaturated/α-hetero) is 1. The minimum absolute atomic E-state index is 0.151. The number of ketones is 1. The molecule has 3 nitrogen and oxygen atoms in total. The molecule has 3 aliphatic rings. The van der Waals surface area contributed by atoms with Crippen molar-refractivity contribution in [1.29, 1.82) is 0 Å². The zero-order valence-electron chi connectivity index (χ0n) is 27.3. The first-order chi connectivity index (χ1) is 20.7. The molecule has 0 radical (unpaired) electrons. The summed E-state index contributed by atoms with van der Waals surface area (Å²) in [6, 6.07) is 13.5. The van der Waals surface area contributed by atoms with Crippen molar-refractivity contribution in [1.82, 2.24) is 4.90 Å². The highest BCUT2D eigenvalue weighted by molar-refractivity contribution is 6.30. The van der Waals surface area contributed by atoms with Crippen LogP contribution in [0.1, 0.15) is 101 Å². The number of anilines is 1. The largest absolute Gasteiger partial charge is 0.377 e. The predicted molar refractivity (Wildman–Crippen MR) is 183 cm³/mol. The normalized spacial score (nSPS) is 28.9. The molecular weight excluding hydrogens is 548 g/mol. The quantitative estimate of drug-likeness (QED) is 0.319. The topological polar surface area (TPSA) is 23.6 Å². The van der Waals surface area contributed by atoms with E-state index in [1.165, 1.54) is 41.6 Å². The summed E-state index contributed by atoms with van der Waals surface area (Å²) in [5.41, 5.74) is 6.81. The van der Waals surface area contributed by atoms with Crippen molar-refractivity contribution in [2.75, 3.05) is 31.6 Å². The molecule has 2 aliphatic heterocycles. The van der Waals surface area contributed by atoms with Gasteiger partial charge in [-0.2, -0.15) is 0 Å². The van der Waals surface area contributed by atoms with Gasteiger partial charge < -0.3 is 9.80 Å². The van der Waals surface area contributed by atoms with E-state index < -0.39 is 5.41 Å². The van der Waals surface area contributed by atoms with Gasteiger partial charge in [0, 0.05) is 49.0 Å². The Hall–Kier alpha value is -2.52. The highest BCUT2D eigenvalue weighted by Crippen LogP contribution is 2.45. The number of hydrogen-bond acceptors (Lipinski definition) is 3. The van der Waals surface area contributed by atoms with Crippen LogP contribution in [0.2, 0.25) is 5.02 Å². The molecule has 2 aromatic rings. The first-order valence-corrected chi connectivity index (χ1v) is 17.3. The van der Waals surface area contributed by atoms with Gasteiger partial charge in [-0.15, -0.1) is 0 Å². The Morgan fingerprint density at radius 1 is 1.09 bits per heavy atom. The molecule has 232 valence electrons. The Morgan fingerprint density at radius 3 is 2.60 bits per heavy atom. The third-order valence-corrected chi connectivity index (χ3v) is 11.4. The minimum atomic E-state index is -0.759.